The standard InChI is InChI=1S/C14H13NO2/c15-10-12(9-11-5-2-1-3-6-11)14(16)13-7-4-8-17-13/h1-3,5-6,9,13H,4,7-8H2/b12-9+. The quantitative estimate of drug-likeness (QED) is 0.588. The molecule has 1 heterocycles. The Bertz CT molecular complexity index is 465. The van der Waals surface area contributed by atoms with Gasteiger partial charge in [0.05, 0.1) is 5.57 Å². The molecule has 0 radical (unpaired) electrons. The molecule has 0 amide bonds. The van der Waals surface area contributed by atoms with Gasteiger partial charge in [-0.1, -0.05) is 30.3 Å². The number of Topliss-reactive ketones (excluding diaryl/α,β-unsaturated/α-hetero) is 1. The van der Waals surface area contributed by atoms with Crippen LogP contribution in [0.3, 0.4) is 0 Å². The van der Waals surface area contributed by atoms with E-state index >= 15 is 0 Å². The van der Waals surface area contributed by atoms with Crippen molar-refractivity contribution in [3.8, 4) is 6.07 Å². The zero-order valence-corrected chi connectivity index (χ0v) is 9.43. The third-order valence-electron chi connectivity index (χ3n) is 2.72. The Kier molecular flexibility index (Phi) is 3.69. The molecule has 0 saturated carbocycles. The fraction of sp³-hybridized carbons (Fsp3) is 0.286. The summed E-state index contributed by atoms with van der Waals surface area (Å²) in [6.07, 6.45) is 2.79. The van der Waals surface area contributed by atoms with Crippen LogP contribution in [0.2, 0.25) is 0 Å². The van der Waals surface area contributed by atoms with E-state index in [1.807, 2.05) is 36.4 Å². The van der Waals surface area contributed by atoms with Crippen molar-refractivity contribution in [2.24, 2.45) is 0 Å². The summed E-state index contributed by atoms with van der Waals surface area (Å²) in [5.41, 5.74) is 1.03. The summed E-state index contributed by atoms with van der Waals surface area (Å²) in [6.45, 7) is 0.612. The van der Waals surface area contributed by atoms with Crippen LogP contribution in [-0.2, 0) is 9.53 Å². The van der Waals surface area contributed by atoms with Crippen LogP contribution in [0, 0.1) is 11.3 Å². The van der Waals surface area contributed by atoms with Crippen molar-refractivity contribution in [1.82, 2.24) is 0 Å². The molecule has 3 nitrogen and oxygen atoms in total. The Balaban J connectivity index is 2.19. The summed E-state index contributed by atoms with van der Waals surface area (Å²) in [4.78, 5) is 12.0. The first-order valence-electron chi connectivity index (χ1n) is 5.64. The number of carbonyl (C=O) groups excluding carboxylic acids is 1. The van der Waals surface area contributed by atoms with E-state index in [9.17, 15) is 4.79 Å². The maximum atomic E-state index is 12.0. The number of benzene rings is 1. The zero-order chi connectivity index (χ0) is 12.1. The minimum atomic E-state index is -0.426. The molecule has 0 aromatic heterocycles. The van der Waals surface area contributed by atoms with Gasteiger partial charge in [0.25, 0.3) is 0 Å². The minimum Gasteiger partial charge on any atom is -0.370 e. The van der Waals surface area contributed by atoms with Gasteiger partial charge in [-0.05, 0) is 24.5 Å². The summed E-state index contributed by atoms with van der Waals surface area (Å²) in [5.74, 6) is -0.200. The molecule has 0 bridgehead atoms. The fourth-order valence-electron chi connectivity index (χ4n) is 1.83. The van der Waals surface area contributed by atoms with Crippen molar-refractivity contribution in [2.75, 3.05) is 6.61 Å². The van der Waals surface area contributed by atoms with E-state index in [4.69, 9.17) is 10.00 Å². The second-order valence-corrected chi connectivity index (χ2v) is 3.95. The van der Waals surface area contributed by atoms with E-state index < -0.39 is 6.10 Å². The SMILES string of the molecule is N#C/C(=C\c1ccccc1)C(=O)C1CCCO1. The van der Waals surface area contributed by atoms with Crippen LogP contribution < -0.4 is 0 Å². The Morgan fingerprint density at radius 2 is 2.18 bits per heavy atom. The van der Waals surface area contributed by atoms with Crippen molar-refractivity contribution in [3.05, 3.63) is 41.5 Å². The predicted molar refractivity (Wildman–Crippen MR) is 64.0 cm³/mol. The highest BCUT2D eigenvalue weighted by molar-refractivity contribution is 6.06. The Morgan fingerprint density at radius 1 is 1.41 bits per heavy atom. The molecule has 1 aromatic rings. The molecule has 0 N–H and O–H groups in total. The highest BCUT2D eigenvalue weighted by Gasteiger charge is 2.26. The number of hydrogen-bond acceptors (Lipinski definition) is 3. The maximum absolute atomic E-state index is 12.0. The van der Waals surface area contributed by atoms with Gasteiger partial charge < -0.3 is 4.74 Å². The maximum Gasteiger partial charge on any atom is 0.202 e. The van der Waals surface area contributed by atoms with Gasteiger partial charge in [-0.2, -0.15) is 5.26 Å². The number of nitrogens with zero attached hydrogens (tertiary/aromatic N) is 1. The van der Waals surface area contributed by atoms with Crippen LogP contribution in [0.4, 0.5) is 0 Å². The topological polar surface area (TPSA) is 50.1 Å². The van der Waals surface area contributed by atoms with Crippen molar-refractivity contribution >= 4 is 11.9 Å². The second kappa shape index (κ2) is 5.42. The lowest BCUT2D eigenvalue weighted by Gasteiger charge is -2.06. The molecule has 1 saturated heterocycles. The number of rotatable bonds is 3. The van der Waals surface area contributed by atoms with E-state index in [0.717, 1.165) is 12.0 Å². The first-order valence-corrected chi connectivity index (χ1v) is 5.64. The first-order chi connectivity index (χ1) is 8.31. The van der Waals surface area contributed by atoms with Crippen molar-refractivity contribution in [2.45, 2.75) is 18.9 Å². The van der Waals surface area contributed by atoms with Crippen LogP contribution in [-0.4, -0.2) is 18.5 Å². The number of hydrogen-bond donors (Lipinski definition) is 0. The van der Waals surface area contributed by atoms with E-state index in [0.29, 0.717) is 13.0 Å². The molecule has 1 fully saturated rings. The predicted octanol–water partition coefficient (Wildman–Crippen LogP) is 2.34. The Hall–Kier alpha value is -1.92. The molecule has 17 heavy (non-hydrogen) atoms. The van der Waals surface area contributed by atoms with Gasteiger partial charge in [-0.3, -0.25) is 4.79 Å². The molecule has 3 heteroatoms. The smallest absolute Gasteiger partial charge is 0.202 e. The summed E-state index contributed by atoms with van der Waals surface area (Å²) in [7, 11) is 0. The van der Waals surface area contributed by atoms with Crippen LogP contribution in [0.5, 0.6) is 0 Å². The minimum absolute atomic E-state index is 0.170. The second-order valence-electron chi connectivity index (χ2n) is 3.95. The van der Waals surface area contributed by atoms with Gasteiger partial charge in [0, 0.05) is 6.61 Å². The molecule has 1 atom stereocenters. The van der Waals surface area contributed by atoms with Crippen LogP contribution >= 0.6 is 0 Å². The summed E-state index contributed by atoms with van der Waals surface area (Å²) >= 11 is 0. The van der Waals surface area contributed by atoms with Gasteiger partial charge >= 0.3 is 0 Å². The molecular weight excluding hydrogens is 214 g/mol. The van der Waals surface area contributed by atoms with Gasteiger partial charge in [-0.25, -0.2) is 0 Å². The summed E-state index contributed by atoms with van der Waals surface area (Å²) < 4.78 is 5.29. The van der Waals surface area contributed by atoms with Crippen molar-refractivity contribution < 1.29 is 9.53 Å². The average Bonchev–Trinajstić information content (AvgIpc) is 2.90. The molecule has 1 aliphatic heterocycles. The van der Waals surface area contributed by atoms with E-state index in [1.54, 1.807) is 6.08 Å². The van der Waals surface area contributed by atoms with Gasteiger partial charge in [0.15, 0.2) is 0 Å². The number of nitriles is 1. The van der Waals surface area contributed by atoms with Crippen molar-refractivity contribution in [3.63, 3.8) is 0 Å². The average molecular weight is 227 g/mol. The van der Waals surface area contributed by atoms with Crippen LogP contribution in [0.15, 0.2) is 35.9 Å². The highest BCUT2D eigenvalue weighted by Crippen LogP contribution is 2.17. The lowest BCUT2D eigenvalue weighted by atomic mass is 10.0. The number of ketones is 1. The lowest BCUT2D eigenvalue weighted by molar-refractivity contribution is -0.123. The Morgan fingerprint density at radius 3 is 2.76 bits per heavy atom. The third-order valence-corrected chi connectivity index (χ3v) is 2.72. The van der Waals surface area contributed by atoms with Crippen LogP contribution in [0.1, 0.15) is 18.4 Å². The van der Waals surface area contributed by atoms with E-state index in [2.05, 4.69) is 0 Å². The summed E-state index contributed by atoms with van der Waals surface area (Å²) in [5, 5.41) is 9.02. The molecular formula is C14H13NO2. The highest BCUT2D eigenvalue weighted by atomic mass is 16.5. The van der Waals surface area contributed by atoms with E-state index in [1.165, 1.54) is 0 Å². The third kappa shape index (κ3) is 2.80. The first kappa shape index (κ1) is 11.6. The van der Waals surface area contributed by atoms with Crippen molar-refractivity contribution in [1.29, 1.82) is 5.26 Å². The van der Waals surface area contributed by atoms with Gasteiger partial charge in [0.1, 0.15) is 12.2 Å². The monoisotopic (exact) mass is 227 g/mol. The normalized spacial score (nSPS) is 19.9. The van der Waals surface area contributed by atoms with E-state index in [-0.39, 0.29) is 11.4 Å². The molecule has 0 spiro atoms. The molecule has 1 aliphatic rings. The molecule has 2 rings (SSSR count). The zero-order valence-electron chi connectivity index (χ0n) is 9.43. The fourth-order valence-corrected chi connectivity index (χ4v) is 1.83. The van der Waals surface area contributed by atoms with Gasteiger partial charge in [-0.15, -0.1) is 0 Å². The Labute approximate surface area is 100 Å². The lowest BCUT2D eigenvalue weighted by Crippen LogP contribution is -2.20. The number of carbonyl (C=O) groups is 1. The number of ether oxygens (including phenoxy) is 1. The largest absolute Gasteiger partial charge is 0.370 e. The molecule has 1 unspecified atom stereocenters. The summed E-state index contributed by atoms with van der Waals surface area (Å²) in [6, 6.07) is 11.3. The molecule has 86 valence electrons. The van der Waals surface area contributed by atoms with Gasteiger partial charge in [0.2, 0.25) is 5.78 Å². The molecule has 1 aromatic carbocycles. The molecule has 0 aliphatic carbocycles. The van der Waals surface area contributed by atoms with Crippen LogP contribution in [0.25, 0.3) is 6.08 Å².